The molecule has 1 aliphatic heterocycles. The maximum absolute atomic E-state index is 4.82. The Hall–Kier alpha value is -2.07. The first-order chi connectivity index (χ1) is 9.92. The molecule has 0 saturated carbocycles. The summed E-state index contributed by atoms with van der Waals surface area (Å²) < 4.78 is 2.13. The van der Waals surface area contributed by atoms with Gasteiger partial charge in [0.1, 0.15) is 11.5 Å². The highest BCUT2D eigenvalue weighted by Crippen LogP contribution is 2.33. The van der Waals surface area contributed by atoms with Crippen LogP contribution in [0.25, 0.3) is 10.6 Å². The van der Waals surface area contributed by atoms with Gasteiger partial charge in [-0.2, -0.15) is 5.10 Å². The van der Waals surface area contributed by atoms with Gasteiger partial charge in [-0.1, -0.05) is 36.4 Å². The van der Waals surface area contributed by atoms with Crippen molar-refractivity contribution in [2.75, 3.05) is 11.9 Å². The molecule has 1 atom stereocenters. The lowest BCUT2D eigenvalue weighted by atomic mass is 10.0. The first-order valence-corrected chi connectivity index (χ1v) is 7.72. The smallest absolute Gasteiger partial charge is 0.125 e. The number of thiophene rings is 1. The molecule has 3 nitrogen and oxygen atoms in total. The molecule has 4 rings (SSSR count). The third-order valence-electron chi connectivity index (χ3n) is 3.71. The van der Waals surface area contributed by atoms with Crippen molar-refractivity contribution in [2.45, 2.75) is 12.5 Å². The average molecular weight is 281 g/mol. The minimum absolute atomic E-state index is 0.334. The van der Waals surface area contributed by atoms with E-state index in [1.165, 1.54) is 10.4 Å². The van der Waals surface area contributed by atoms with E-state index < -0.39 is 0 Å². The molecule has 0 spiro atoms. The van der Waals surface area contributed by atoms with Gasteiger partial charge in [-0.25, -0.2) is 4.68 Å². The molecule has 2 aromatic heterocycles. The molecule has 1 N–H and O–H groups in total. The van der Waals surface area contributed by atoms with Crippen LogP contribution in [0.15, 0.2) is 53.9 Å². The molecule has 0 radical (unpaired) electrons. The second-order valence-electron chi connectivity index (χ2n) is 4.98. The largest absolute Gasteiger partial charge is 0.370 e. The molecular formula is C16H15N3S. The van der Waals surface area contributed by atoms with Crippen LogP contribution in [0.3, 0.4) is 0 Å². The first-order valence-electron chi connectivity index (χ1n) is 6.84. The van der Waals surface area contributed by atoms with Crippen LogP contribution in [0, 0.1) is 0 Å². The van der Waals surface area contributed by atoms with Crippen molar-refractivity contribution in [2.24, 2.45) is 0 Å². The maximum Gasteiger partial charge on any atom is 0.125 e. The minimum atomic E-state index is 0.334. The zero-order chi connectivity index (χ0) is 13.4. The van der Waals surface area contributed by atoms with E-state index in [-0.39, 0.29) is 0 Å². The van der Waals surface area contributed by atoms with E-state index in [0.29, 0.717) is 6.04 Å². The summed E-state index contributed by atoms with van der Waals surface area (Å²) in [4.78, 5) is 1.22. The van der Waals surface area contributed by atoms with Crippen molar-refractivity contribution < 1.29 is 0 Å². The van der Waals surface area contributed by atoms with Crippen molar-refractivity contribution in [1.82, 2.24) is 9.78 Å². The zero-order valence-corrected chi connectivity index (χ0v) is 11.8. The van der Waals surface area contributed by atoms with Crippen LogP contribution in [0.4, 0.5) is 5.82 Å². The molecule has 1 aliphatic rings. The Balaban J connectivity index is 1.78. The molecule has 3 heterocycles. The van der Waals surface area contributed by atoms with Gasteiger partial charge in [-0.3, -0.25) is 0 Å². The third-order valence-corrected chi connectivity index (χ3v) is 4.61. The topological polar surface area (TPSA) is 29.9 Å². The summed E-state index contributed by atoms with van der Waals surface area (Å²) in [6, 6.07) is 17.3. The predicted octanol–water partition coefficient (Wildman–Crippen LogP) is 4.02. The molecule has 1 unspecified atom stereocenters. The molecule has 0 aliphatic carbocycles. The number of rotatable bonds is 2. The summed E-state index contributed by atoms with van der Waals surface area (Å²) >= 11 is 1.73. The van der Waals surface area contributed by atoms with E-state index in [1.54, 1.807) is 11.3 Å². The van der Waals surface area contributed by atoms with Crippen molar-refractivity contribution >= 4 is 17.2 Å². The molecule has 0 saturated heterocycles. The number of hydrogen-bond acceptors (Lipinski definition) is 3. The molecule has 100 valence electrons. The van der Waals surface area contributed by atoms with Gasteiger partial charge in [0.25, 0.3) is 0 Å². The molecular weight excluding hydrogens is 266 g/mol. The van der Waals surface area contributed by atoms with Gasteiger partial charge >= 0.3 is 0 Å². The Labute approximate surface area is 121 Å². The van der Waals surface area contributed by atoms with Crippen LogP contribution < -0.4 is 5.32 Å². The van der Waals surface area contributed by atoms with Crippen LogP contribution in [0.5, 0.6) is 0 Å². The number of benzene rings is 1. The Morgan fingerprint density at radius 2 is 2.05 bits per heavy atom. The van der Waals surface area contributed by atoms with Crippen molar-refractivity contribution in [3.05, 3.63) is 59.5 Å². The van der Waals surface area contributed by atoms with Gasteiger partial charge < -0.3 is 5.32 Å². The number of nitrogens with one attached hydrogen (secondary N) is 1. The van der Waals surface area contributed by atoms with Gasteiger partial charge in [0.15, 0.2) is 0 Å². The molecule has 20 heavy (non-hydrogen) atoms. The average Bonchev–Trinajstić information content (AvgIpc) is 3.16. The highest BCUT2D eigenvalue weighted by molar-refractivity contribution is 7.13. The molecule has 0 amide bonds. The van der Waals surface area contributed by atoms with E-state index in [2.05, 4.69) is 63.9 Å². The summed E-state index contributed by atoms with van der Waals surface area (Å²) in [6.07, 6.45) is 1.07. The van der Waals surface area contributed by atoms with E-state index in [1.807, 2.05) is 0 Å². The fourth-order valence-corrected chi connectivity index (χ4v) is 3.43. The summed E-state index contributed by atoms with van der Waals surface area (Å²) in [6.45, 7) is 0.995. The van der Waals surface area contributed by atoms with E-state index in [0.717, 1.165) is 24.5 Å². The Bertz CT molecular complexity index is 701. The fourth-order valence-electron chi connectivity index (χ4n) is 2.75. The number of anilines is 1. The van der Waals surface area contributed by atoms with Crippen LogP contribution in [-0.4, -0.2) is 16.3 Å². The Morgan fingerprint density at radius 1 is 1.15 bits per heavy atom. The standard InChI is InChI=1S/C16H15N3S/c1-2-5-12(6-3-1)14-8-9-17-16-11-13(18-19(14)16)15-7-4-10-20-15/h1-7,10-11,14,17H,8-9H2. The van der Waals surface area contributed by atoms with Crippen LogP contribution in [-0.2, 0) is 0 Å². The van der Waals surface area contributed by atoms with Gasteiger partial charge in [0.2, 0.25) is 0 Å². The highest BCUT2D eigenvalue weighted by atomic mass is 32.1. The minimum Gasteiger partial charge on any atom is -0.370 e. The monoisotopic (exact) mass is 281 g/mol. The normalized spacial score (nSPS) is 17.5. The van der Waals surface area contributed by atoms with E-state index >= 15 is 0 Å². The van der Waals surface area contributed by atoms with Gasteiger partial charge in [-0.05, 0) is 23.4 Å². The Morgan fingerprint density at radius 3 is 2.85 bits per heavy atom. The van der Waals surface area contributed by atoms with Crippen LogP contribution in [0.2, 0.25) is 0 Å². The van der Waals surface area contributed by atoms with Gasteiger partial charge in [-0.15, -0.1) is 11.3 Å². The van der Waals surface area contributed by atoms with Crippen molar-refractivity contribution in [3.8, 4) is 10.6 Å². The summed E-state index contributed by atoms with van der Waals surface area (Å²) in [5.74, 6) is 1.12. The molecule has 1 aromatic carbocycles. The summed E-state index contributed by atoms with van der Waals surface area (Å²) in [5, 5.41) is 10.4. The first kappa shape index (κ1) is 11.7. The Kier molecular flexibility index (Phi) is 2.81. The lowest BCUT2D eigenvalue weighted by Crippen LogP contribution is -2.24. The number of hydrogen-bond donors (Lipinski definition) is 1. The van der Waals surface area contributed by atoms with Crippen molar-refractivity contribution in [3.63, 3.8) is 0 Å². The van der Waals surface area contributed by atoms with Crippen molar-refractivity contribution in [1.29, 1.82) is 0 Å². The predicted molar refractivity (Wildman–Crippen MR) is 83.2 cm³/mol. The zero-order valence-electron chi connectivity index (χ0n) is 11.0. The van der Waals surface area contributed by atoms with E-state index in [9.17, 15) is 0 Å². The summed E-state index contributed by atoms with van der Waals surface area (Å²) in [7, 11) is 0. The van der Waals surface area contributed by atoms with Crippen LogP contribution >= 0.6 is 11.3 Å². The maximum atomic E-state index is 4.82. The van der Waals surface area contributed by atoms with E-state index in [4.69, 9.17) is 5.10 Å². The SMILES string of the molecule is c1ccc(C2CCNc3cc(-c4cccs4)nn32)cc1. The van der Waals surface area contributed by atoms with Gasteiger partial charge in [0, 0.05) is 12.6 Å². The quantitative estimate of drug-likeness (QED) is 0.769. The third kappa shape index (κ3) is 1.93. The lowest BCUT2D eigenvalue weighted by Gasteiger charge is -2.25. The number of fused-ring (bicyclic) bond motifs is 1. The number of aromatic nitrogens is 2. The van der Waals surface area contributed by atoms with Gasteiger partial charge in [0.05, 0.1) is 10.9 Å². The molecule has 3 aromatic rings. The van der Waals surface area contributed by atoms with Crippen LogP contribution in [0.1, 0.15) is 18.0 Å². The highest BCUT2D eigenvalue weighted by Gasteiger charge is 2.23. The lowest BCUT2D eigenvalue weighted by molar-refractivity contribution is 0.483. The second-order valence-corrected chi connectivity index (χ2v) is 5.93. The molecule has 0 bridgehead atoms. The number of nitrogens with zero attached hydrogens (tertiary/aromatic N) is 2. The second kappa shape index (κ2) is 4.80. The molecule has 4 heteroatoms. The fraction of sp³-hybridized carbons (Fsp3) is 0.188. The summed E-state index contributed by atoms with van der Waals surface area (Å²) in [5.41, 5.74) is 2.39. The molecule has 0 fully saturated rings.